The summed E-state index contributed by atoms with van der Waals surface area (Å²) in [4.78, 5) is 9.86. The van der Waals surface area contributed by atoms with Crippen molar-refractivity contribution >= 4 is 24.8 Å². The van der Waals surface area contributed by atoms with E-state index < -0.39 is 5.97 Å². The number of aliphatic hydroxyl groups excluding tert-OH is 1. The summed E-state index contributed by atoms with van der Waals surface area (Å²) >= 11 is 0. The summed E-state index contributed by atoms with van der Waals surface area (Å²) in [5.41, 5.74) is 0. The van der Waals surface area contributed by atoms with E-state index in [1.54, 1.807) is 6.92 Å². The van der Waals surface area contributed by atoms with Gasteiger partial charge >= 0.3 is 24.8 Å². The van der Waals surface area contributed by atoms with Gasteiger partial charge in [-0.3, -0.25) is 4.79 Å². The predicted molar refractivity (Wildman–Crippen MR) is 35.7 cm³/mol. The first kappa shape index (κ1) is 11.8. The van der Waals surface area contributed by atoms with E-state index in [9.17, 15) is 4.79 Å². The third-order valence-corrected chi connectivity index (χ3v) is 0.835. The van der Waals surface area contributed by atoms with Crippen molar-refractivity contribution in [1.29, 1.82) is 0 Å². The Morgan fingerprint density at radius 2 is 2.11 bits per heavy atom. The molecule has 1 unspecified atom stereocenters. The molecule has 0 bridgehead atoms. The molecule has 0 radical (unpaired) electrons. The minimum atomic E-state index is -0.855. The van der Waals surface area contributed by atoms with Gasteiger partial charge < -0.3 is 10.2 Å². The van der Waals surface area contributed by atoms with Gasteiger partial charge in [-0.05, 0) is 5.92 Å². The first-order chi connectivity index (χ1) is 3.66. The Hall–Kier alpha value is 0.0274. The summed E-state index contributed by atoms with van der Waals surface area (Å²) in [6, 6.07) is 0. The second-order valence-corrected chi connectivity index (χ2v) is 1.89. The summed E-state index contributed by atoms with van der Waals surface area (Å²) in [6.07, 6.45) is 0.0521. The average molecular weight is 126 g/mol. The van der Waals surface area contributed by atoms with E-state index in [0.717, 1.165) is 0 Å². The number of aliphatic carboxylic acids is 1. The fraction of sp³-hybridized carbons (Fsp3) is 0.800. The zero-order valence-electron chi connectivity index (χ0n) is 4.79. The van der Waals surface area contributed by atoms with Crippen molar-refractivity contribution in [1.82, 2.24) is 0 Å². The Bertz CT molecular complexity index is 84.3. The third kappa shape index (κ3) is 8.03. The van der Waals surface area contributed by atoms with E-state index in [0.29, 0.717) is 0 Å². The van der Waals surface area contributed by atoms with Crippen molar-refractivity contribution in [2.75, 3.05) is 6.61 Å². The average Bonchev–Trinajstić information content (AvgIpc) is 1.65. The van der Waals surface area contributed by atoms with Crippen LogP contribution in [-0.2, 0) is 4.79 Å². The van der Waals surface area contributed by atoms with Crippen molar-refractivity contribution in [2.24, 2.45) is 5.92 Å². The van der Waals surface area contributed by atoms with Gasteiger partial charge in [0.2, 0.25) is 0 Å². The van der Waals surface area contributed by atoms with Crippen LogP contribution >= 0.6 is 0 Å². The SMILES string of the molecule is CC(CO)CC(=O)O.[LiH]. The molecule has 0 aliphatic rings. The Labute approximate surface area is 66.2 Å². The molecular weight excluding hydrogens is 115 g/mol. The summed E-state index contributed by atoms with van der Waals surface area (Å²) in [5.74, 6) is -0.973. The normalized spacial score (nSPS) is 11.8. The molecule has 0 rings (SSSR count). The van der Waals surface area contributed by atoms with Gasteiger partial charge in [-0.15, -0.1) is 0 Å². The molecule has 9 heavy (non-hydrogen) atoms. The van der Waals surface area contributed by atoms with E-state index in [2.05, 4.69) is 0 Å². The van der Waals surface area contributed by atoms with Crippen LogP contribution in [0.1, 0.15) is 13.3 Å². The number of rotatable bonds is 3. The van der Waals surface area contributed by atoms with Crippen molar-refractivity contribution < 1.29 is 15.0 Å². The molecule has 1 atom stereocenters. The minimum absolute atomic E-state index is 0. The van der Waals surface area contributed by atoms with E-state index in [4.69, 9.17) is 10.2 Å². The van der Waals surface area contributed by atoms with Gasteiger partial charge in [0.25, 0.3) is 0 Å². The van der Waals surface area contributed by atoms with E-state index in [1.165, 1.54) is 0 Å². The number of hydrogen-bond acceptors (Lipinski definition) is 2. The van der Waals surface area contributed by atoms with Crippen LogP contribution < -0.4 is 0 Å². The van der Waals surface area contributed by atoms with Crippen molar-refractivity contribution in [3.8, 4) is 0 Å². The van der Waals surface area contributed by atoms with Gasteiger partial charge in [-0.1, -0.05) is 6.92 Å². The van der Waals surface area contributed by atoms with Gasteiger partial charge in [0.15, 0.2) is 0 Å². The fourth-order valence-electron chi connectivity index (χ4n) is 0.363. The second kappa shape index (κ2) is 6.15. The molecule has 0 aromatic carbocycles. The number of carbonyl (C=O) groups is 1. The number of carboxylic acids is 1. The topological polar surface area (TPSA) is 57.5 Å². The molecule has 0 fully saturated rings. The van der Waals surface area contributed by atoms with E-state index >= 15 is 0 Å². The Morgan fingerprint density at radius 1 is 1.67 bits per heavy atom. The molecule has 0 aromatic heterocycles. The maximum absolute atomic E-state index is 9.86. The zero-order valence-corrected chi connectivity index (χ0v) is 4.79. The quantitative estimate of drug-likeness (QED) is 0.498. The van der Waals surface area contributed by atoms with E-state index in [-0.39, 0.29) is 37.8 Å². The van der Waals surface area contributed by atoms with E-state index in [1.807, 2.05) is 0 Å². The van der Waals surface area contributed by atoms with Crippen LogP contribution in [-0.4, -0.2) is 41.6 Å². The molecule has 0 saturated heterocycles. The third-order valence-electron chi connectivity index (χ3n) is 0.835. The van der Waals surface area contributed by atoms with Gasteiger partial charge in [0, 0.05) is 6.61 Å². The number of aliphatic hydroxyl groups is 1. The van der Waals surface area contributed by atoms with Crippen LogP contribution in [0.15, 0.2) is 0 Å². The molecule has 0 spiro atoms. The Morgan fingerprint density at radius 3 is 2.22 bits per heavy atom. The monoisotopic (exact) mass is 126 g/mol. The molecule has 0 aliphatic carbocycles. The summed E-state index contributed by atoms with van der Waals surface area (Å²) < 4.78 is 0. The number of carboxylic acid groups (broad SMARTS) is 1. The second-order valence-electron chi connectivity index (χ2n) is 1.89. The molecule has 0 aliphatic heterocycles. The standard InChI is InChI=1S/C5H10O3.Li.H/c1-4(3-6)2-5(7)8;;/h4,6H,2-3H2,1H3,(H,7,8);;. The number of hydrogen-bond donors (Lipinski definition) is 2. The van der Waals surface area contributed by atoms with Crippen LogP contribution in [0.5, 0.6) is 0 Å². The zero-order chi connectivity index (χ0) is 6.57. The summed E-state index contributed by atoms with van der Waals surface area (Å²) in [6.45, 7) is 1.64. The molecule has 50 valence electrons. The molecule has 0 amide bonds. The van der Waals surface area contributed by atoms with Gasteiger partial charge in [0.05, 0.1) is 6.42 Å². The van der Waals surface area contributed by atoms with Gasteiger partial charge in [-0.25, -0.2) is 0 Å². The van der Waals surface area contributed by atoms with Crippen LogP contribution in [0.3, 0.4) is 0 Å². The molecule has 4 heteroatoms. The predicted octanol–water partition coefficient (Wildman–Crippen LogP) is -0.559. The van der Waals surface area contributed by atoms with Crippen LogP contribution in [0.25, 0.3) is 0 Å². The maximum atomic E-state index is 9.86. The van der Waals surface area contributed by atoms with Crippen molar-refractivity contribution in [2.45, 2.75) is 13.3 Å². The molecule has 2 N–H and O–H groups in total. The van der Waals surface area contributed by atoms with Crippen LogP contribution in [0, 0.1) is 5.92 Å². The summed E-state index contributed by atoms with van der Waals surface area (Å²) in [5, 5.41) is 16.4. The van der Waals surface area contributed by atoms with Crippen molar-refractivity contribution in [3.05, 3.63) is 0 Å². The molecule has 0 aromatic rings. The first-order valence-electron chi connectivity index (χ1n) is 2.49. The molecule has 3 nitrogen and oxygen atoms in total. The van der Waals surface area contributed by atoms with Gasteiger partial charge in [0.1, 0.15) is 0 Å². The molecule has 0 saturated carbocycles. The summed E-state index contributed by atoms with van der Waals surface area (Å²) in [7, 11) is 0. The fourth-order valence-corrected chi connectivity index (χ4v) is 0.363. The first-order valence-corrected chi connectivity index (χ1v) is 2.49. The van der Waals surface area contributed by atoms with Gasteiger partial charge in [-0.2, -0.15) is 0 Å². The Balaban J connectivity index is 0. The van der Waals surface area contributed by atoms with Crippen LogP contribution in [0.2, 0.25) is 0 Å². The Kier molecular flexibility index (Phi) is 8.05. The van der Waals surface area contributed by atoms with Crippen molar-refractivity contribution in [3.63, 3.8) is 0 Å². The molecule has 0 heterocycles. The van der Waals surface area contributed by atoms with Crippen LogP contribution in [0.4, 0.5) is 0 Å². The molecular formula is C5H11LiO3.